The van der Waals surface area contributed by atoms with E-state index in [2.05, 4.69) is 39.5 Å². The van der Waals surface area contributed by atoms with E-state index in [1.807, 2.05) is 55.4 Å². The van der Waals surface area contributed by atoms with Gasteiger partial charge in [-0.05, 0) is 60.9 Å². The molecule has 28 heavy (non-hydrogen) atoms. The second kappa shape index (κ2) is 7.72. The summed E-state index contributed by atoms with van der Waals surface area (Å²) in [6.07, 6.45) is 3.85. The number of hydrogen-bond acceptors (Lipinski definition) is 4. The molecular weight excluding hydrogens is 348 g/mol. The normalized spacial score (nSPS) is 13.0. The van der Waals surface area contributed by atoms with E-state index in [1.165, 1.54) is 11.3 Å². The van der Waals surface area contributed by atoms with Gasteiger partial charge in [-0.2, -0.15) is 0 Å². The van der Waals surface area contributed by atoms with Crippen LogP contribution < -0.4 is 15.1 Å². The van der Waals surface area contributed by atoms with Gasteiger partial charge in [0, 0.05) is 43.9 Å². The molecule has 2 heterocycles. The van der Waals surface area contributed by atoms with Crippen LogP contribution in [0, 0.1) is 0 Å². The molecule has 0 unspecified atom stereocenters. The van der Waals surface area contributed by atoms with E-state index in [0.717, 1.165) is 36.6 Å². The third-order valence-corrected chi connectivity index (χ3v) is 5.04. The van der Waals surface area contributed by atoms with Crippen molar-refractivity contribution in [2.24, 2.45) is 0 Å². The molecule has 1 aromatic heterocycles. The first-order chi connectivity index (χ1) is 13.6. The number of aryl methyl sites for hydroxylation is 1. The lowest BCUT2D eigenvalue weighted by Crippen LogP contribution is -2.25. The lowest BCUT2D eigenvalue weighted by atomic mass is 10.0. The van der Waals surface area contributed by atoms with E-state index in [4.69, 9.17) is 0 Å². The second-order valence-corrected chi connectivity index (χ2v) is 7.18. The number of aromatic nitrogens is 1. The zero-order chi connectivity index (χ0) is 19.5. The van der Waals surface area contributed by atoms with E-state index in [1.54, 1.807) is 6.20 Å². The minimum absolute atomic E-state index is 0.157. The number of fused-ring (bicyclic) bond motifs is 1. The van der Waals surface area contributed by atoms with Crippen molar-refractivity contribution in [1.82, 2.24) is 4.98 Å². The number of para-hydroxylation sites is 1. The topological polar surface area (TPSA) is 48.5 Å². The van der Waals surface area contributed by atoms with Gasteiger partial charge in [0.05, 0.1) is 5.56 Å². The van der Waals surface area contributed by atoms with E-state index in [9.17, 15) is 4.79 Å². The highest BCUT2D eigenvalue weighted by atomic mass is 16.1. The molecule has 0 aliphatic carbocycles. The standard InChI is InChI=1S/C23H24N4O/c1-26(2)20-12-10-19(11-13-20)25-23(28)18-9-14-22(24-16-18)27-15-5-7-17-6-3-4-8-21(17)27/h3-4,6,8-14,16H,5,7,15H2,1-2H3,(H,25,28). The summed E-state index contributed by atoms with van der Waals surface area (Å²) in [6.45, 7) is 0.938. The minimum Gasteiger partial charge on any atom is -0.378 e. The molecule has 0 spiro atoms. The van der Waals surface area contributed by atoms with Gasteiger partial charge in [0.1, 0.15) is 5.82 Å². The first kappa shape index (κ1) is 18.0. The minimum atomic E-state index is -0.157. The number of benzene rings is 2. The van der Waals surface area contributed by atoms with Crippen LogP contribution in [-0.4, -0.2) is 31.5 Å². The van der Waals surface area contributed by atoms with Crippen molar-refractivity contribution in [3.63, 3.8) is 0 Å². The van der Waals surface area contributed by atoms with Gasteiger partial charge in [-0.3, -0.25) is 4.79 Å². The summed E-state index contributed by atoms with van der Waals surface area (Å²) in [5, 5.41) is 2.93. The highest BCUT2D eigenvalue weighted by molar-refractivity contribution is 6.04. The fraction of sp³-hybridized carbons (Fsp3) is 0.217. The average Bonchev–Trinajstić information content (AvgIpc) is 2.74. The first-order valence-corrected chi connectivity index (χ1v) is 9.52. The van der Waals surface area contributed by atoms with E-state index >= 15 is 0 Å². The van der Waals surface area contributed by atoms with Crippen LogP contribution in [0.2, 0.25) is 0 Å². The summed E-state index contributed by atoms with van der Waals surface area (Å²) in [7, 11) is 3.98. The number of amides is 1. The van der Waals surface area contributed by atoms with Crippen LogP contribution in [0.4, 0.5) is 22.9 Å². The van der Waals surface area contributed by atoms with Gasteiger partial charge in [0.25, 0.3) is 5.91 Å². The van der Waals surface area contributed by atoms with Gasteiger partial charge in [0.2, 0.25) is 0 Å². The molecule has 1 amide bonds. The predicted octanol–water partition coefficient (Wildman–Crippen LogP) is 4.48. The number of nitrogens with one attached hydrogen (secondary N) is 1. The highest BCUT2D eigenvalue weighted by Gasteiger charge is 2.19. The Morgan fingerprint density at radius 3 is 2.54 bits per heavy atom. The van der Waals surface area contributed by atoms with Gasteiger partial charge in [-0.25, -0.2) is 4.98 Å². The molecule has 5 heteroatoms. The summed E-state index contributed by atoms with van der Waals surface area (Å²) in [5.74, 6) is 0.717. The van der Waals surface area contributed by atoms with Crippen LogP contribution >= 0.6 is 0 Å². The Morgan fingerprint density at radius 1 is 1.04 bits per heavy atom. The Balaban J connectivity index is 1.48. The summed E-state index contributed by atoms with van der Waals surface area (Å²) in [4.78, 5) is 21.3. The Kier molecular flexibility index (Phi) is 4.98. The molecule has 0 fully saturated rings. The van der Waals surface area contributed by atoms with Crippen LogP contribution in [0.5, 0.6) is 0 Å². The van der Waals surface area contributed by atoms with Gasteiger partial charge in [-0.15, -0.1) is 0 Å². The van der Waals surface area contributed by atoms with Crippen LogP contribution in [-0.2, 0) is 6.42 Å². The lowest BCUT2D eigenvalue weighted by molar-refractivity contribution is 0.102. The average molecular weight is 372 g/mol. The number of carbonyl (C=O) groups is 1. The van der Waals surface area contributed by atoms with E-state index < -0.39 is 0 Å². The quantitative estimate of drug-likeness (QED) is 0.733. The molecule has 1 aliphatic heterocycles. The molecule has 4 rings (SSSR count). The Morgan fingerprint density at radius 2 is 1.82 bits per heavy atom. The fourth-order valence-corrected chi connectivity index (χ4v) is 3.50. The van der Waals surface area contributed by atoms with E-state index in [0.29, 0.717) is 5.56 Å². The van der Waals surface area contributed by atoms with Gasteiger partial charge in [0.15, 0.2) is 0 Å². The predicted molar refractivity (Wildman–Crippen MR) is 115 cm³/mol. The Labute approximate surface area is 165 Å². The molecule has 0 saturated carbocycles. The van der Waals surface area contributed by atoms with Crippen molar-refractivity contribution in [2.45, 2.75) is 12.8 Å². The Bertz CT molecular complexity index is 965. The van der Waals surface area contributed by atoms with Crippen LogP contribution in [0.1, 0.15) is 22.3 Å². The molecule has 142 valence electrons. The highest BCUT2D eigenvalue weighted by Crippen LogP contribution is 2.32. The molecule has 0 atom stereocenters. The molecule has 0 saturated heterocycles. The zero-order valence-corrected chi connectivity index (χ0v) is 16.2. The maximum absolute atomic E-state index is 12.5. The fourth-order valence-electron chi connectivity index (χ4n) is 3.50. The number of carbonyl (C=O) groups excluding carboxylic acids is 1. The molecule has 1 aliphatic rings. The number of anilines is 4. The smallest absolute Gasteiger partial charge is 0.257 e. The number of rotatable bonds is 4. The van der Waals surface area contributed by atoms with Gasteiger partial charge >= 0.3 is 0 Å². The third kappa shape index (κ3) is 3.69. The molecule has 0 bridgehead atoms. The molecule has 1 N–H and O–H groups in total. The first-order valence-electron chi connectivity index (χ1n) is 9.52. The second-order valence-electron chi connectivity index (χ2n) is 7.18. The Hall–Kier alpha value is -3.34. The van der Waals surface area contributed by atoms with Crippen LogP contribution in [0.15, 0.2) is 66.9 Å². The molecule has 3 aromatic rings. The number of nitrogens with zero attached hydrogens (tertiary/aromatic N) is 3. The van der Waals surface area contributed by atoms with Crippen molar-refractivity contribution in [3.8, 4) is 0 Å². The molecular formula is C23H24N4O. The van der Waals surface area contributed by atoms with Gasteiger partial charge < -0.3 is 15.1 Å². The molecule has 5 nitrogen and oxygen atoms in total. The van der Waals surface area contributed by atoms with Crippen molar-refractivity contribution in [2.75, 3.05) is 35.8 Å². The third-order valence-electron chi connectivity index (χ3n) is 5.04. The summed E-state index contributed by atoms with van der Waals surface area (Å²) >= 11 is 0. The monoisotopic (exact) mass is 372 g/mol. The maximum atomic E-state index is 12.5. The SMILES string of the molecule is CN(C)c1ccc(NC(=O)c2ccc(N3CCCc4ccccc43)nc2)cc1. The molecule has 2 aromatic carbocycles. The lowest BCUT2D eigenvalue weighted by Gasteiger charge is -2.30. The van der Waals surface area contributed by atoms with Crippen molar-refractivity contribution in [3.05, 3.63) is 78.0 Å². The largest absolute Gasteiger partial charge is 0.378 e. The van der Waals surface area contributed by atoms with Gasteiger partial charge in [-0.1, -0.05) is 18.2 Å². The maximum Gasteiger partial charge on any atom is 0.257 e. The van der Waals surface area contributed by atoms with Crippen molar-refractivity contribution < 1.29 is 4.79 Å². The van der Waals surface area contributed by atoms with Crippen molar-refractivity contribution >= 4 is 28.8 Å². The summed E-state index contributed by atoms with van der Waals surface area (Å²) < 4.78 is 0. The summed E-state index contributed by atoms with van der Waals surface area (Å²) in [5.41, 5.74) is 4.96. The zero-order valence-electron chi connectivity index (χ0n) is 16.2. The molecule has 0 radical (unpaired) electrons. The van der Waals surface area contributed by atoms with E-state index in [-0.39, 0.29) is 5.91 Å². The number of pyridine rings is 1. The van der Waals surface area contributed by atoms with Crippen LogP contribution in [0.25, 0.3) is 0 Å². The van der Waals surface area contributed by atoms with Crippen LogP contribution in [0.3, 0.4) is 0 Å². The number of hydrogen-bond donors (Lipinski definition) is 1. The summed E-state index contributed by atoms with van der Waals surface area (Å²) in [6, 6.07) is 20.0. The van der Waals surface area contributed by atoms with Crippen molar-refractivity contribution in [1.29, 1.82) is 0 Å².